The van der Waals surface area contributed by atoms with E-state index in [9.17, 15) is 10.1 Å². The van der Waals surface area contributed by atoms with Gasteiger partial charge in [-0.25, -0.2) is 4.79 Å². The van der Waals surface area contributed by atoms with Gasteiger partial charge in [-0.3, -0.25) is 0 Å². The Labute approximate surface area is 260 Å². The van der Waals surface area contributed by atoms with Crippen molar-refractivity contribution in [2.45, 2.75) is 19.4 Å². The summed E-state index contributed by atoms with van der Waals surface area (Å²) in [5.41, 5.74) is 9.53. The van der Waals surface area contributed by atoms with Crippen LogP contribution in [0.1, 0.15) is 35.1 Å². The van der Waals surface area contributed by atoms with E-state index in [1.54, 1.807) is 55.7 Å². The Morgan fingerprint density at radius 1 is 1.00 bits per heavy atom. The number of nitriles is 1. The third-order valence-electron chi connectivity index (χ3n) is 6.88. The number of esters is 1. The van der Waals surface area contributed by atoms with Crippen LogP contribution in [-0.4, -0.2) is 19.7 Å². The van der Waals surface area contributed by atoms with Crippen LogP contribution in [0.2, 0.25) is 5.02 Å². The van der Waals surface area contributed by atoms with Crippen LogP contribution in [0.15, 0.2) is 102 Å². The van der Waals surface area contributed by atoms with E-state index in [0.29, 0.717) is 34.4 Å². The van der Waals surface area contributed by atoms with E-state index in [0.717, 1.165) is 22.4 Å². The molecule has 1 aliphatic heterocycles. The molecule has 0 saturated carbocycles. The maximum absolute atomic E-state index is 12.5. The maximum Gasteiger partial charge on any atom is 0.336 e. The van der Waals surface area contributed by atoms with Gasteiger partial charge < -0.3 is 29.4 Å². The Morgan fingerprint density at radius 2 is 1.77 bits per heavy atom. The fourth-order valence-electron chi connectivity index (χ4n) is 4.73. The first-order valence-electron chi connectivity index (χ1n) is 13.8. The van der Waals surface area contributed by atoms with Crippen LogP contribution in [-0.2, 0) is 11.4 Å². The molecule has 4 aromatic rings. The lowest BCUT2D eigenvalue weighted by molar-refractivity contribution is -0.128. The van der Waals surface area contributed by atoms with E-state index in [2.05, 4.69) is 6.07 Å². The minimum Gasteiger partial charge on any atom is -0.497 e. The molecular weight excluding hydrogens is 580 g/mol. The lowest BCUT2D eigenvalue weighted by atomic mass is 9.83. The van der Waals surface area contributed by atoms with Crippen molar-refractivity contribution in [2.24, 2.45) is 5.73 Å². The SMILES string of the molecule is CCOc1cc(C2C(C#N)=C(N)Oc3cc(OC(=O)/C=C/c4ccc(OC)cc4)ccc32)ccc1OCc1ccccc1Cl. The minimum atomic E-state index is -0.567. The number of benzene rings is 4. The number of nitrogens with zero attached hydrogens (tertiary/aromatic N) is 1. The topological polar surface area (TPSA) is 113 Å². The molecule has 5 rings (SSSR count). The molecule has 0 radical (unpaired) electrons. The summed E-state index contributed by atoms with van der Waals surface area (Å²) in [5, 5.41) is 10.6. The number of carbonyl (C=O) groups is 1. The Morgan fingerprint density at radius 3 is 2.50 bits per heavy atom. The van der Waals surface area contributed by atoms with Crippen molar-refractivity contribution in [2.75, 3.05) is 13.7 Å². The lowest BCUT2D eigenvalue weighted by Gasteiger charge is -2.27. The molecule has 9 heteroatoms. The molecule has 2 N–H and O–H groups in total. The van der Waals surface area contributed by atoms with E-state index < -0.39 is 11.9 Å². The van der Waals surface area contributed by atoms with Gasteiger partial charge in [0.15, 0.2) is 11.5 Å². The first kappa shape index (κ1) is 30.1. The first-order chi connectivity index (χ1) is 21.4. The van der Waals surface area contributed by atoms with Gasteiger partial charge in [-0.05, 0) is 60.5 Å². The van der Waals surface area contributed by atoms with Gasteiger partial charge in [0.05, 0.1) is 19.6 Å². The molecule has 0 saturated heterocycles. The second-order valence-corrected chi connectivity index (χ2v) is 10.1. The molecule has 8 nitrogen and oxygen atoms in total. The Kier molecular flexibility index (Phi) is 9.38. The van der Waals surface area contributed by atoms with Crippen LogP contribution in [0, 0.1) is 11.3 Å². The van der Waals surface area contributed by atoms with Crippen molar-refractivity contribution in [1.29, 1.82) is 5.26 Å². The average molecular weight is 609 g/mol. The summed E-state index contributed by atoms with van der Waals surface area (Å²) < 4.78 is 28.4. The van der Waals surface area contributed by atoms with Gasteiger partial charge in [0, 0.05) is 28.3 Å². The van der Waals surface area contributed by atoms with Gasteiger partial charge in [-0.1, -0.05) is 54.1 Å². The van der Waals surface area contributed by atoms with Gasteiger partial charge in [-0.2, -0.15) is 5.26 Å². The second-order valence-electron chi connectivity index (χ2n) is 9.67. The Hall–Kier alpha value is -5.39. The molecule has 0 fully saturated rings. The van der Waals surface area contributed by atoms with Crippen molar-refractivity contribution in [3.63, 3.8) is 0 Å². The highest BCUT2D eigenvalue weighted by atomic mass is 35.5. The molecule has 222 valence electrons. The summed E-state index contributed by atoms with van der Waals surface area (Å²) in [4.78, 5) is 12.5. The number of hydrogen-bond acceptors (Lipinski definition) is 8. The van der Waals surface area contributed by atoms with Gasteiger partial charge in [-0.15, -0.1) is 0 Å². The highest BCUT2D eigenvalue weighted by Crippen LogP contribution is 2.45. The normalized spacial score (nSPS) is 13.9. The summed E-state index contributed by atoms with van der Waals surface area (Å²) in [6.07, 6.45) is 2.97. The van der Waals surface area contributed by atoms with Crippen molar-refractivity contribution >= 4 is 23.6 Å². The maximum atomic E-state index is 12.5. The lowest BCUT2D eigenvalue weighted by Crippen LogP contribution is -2.21. The fraction of sp³-hybridized carbons (Fsp3) is 0.143. The van der Waals surface area contributed by atoms with E-state index in [-0.39, 0.29) is 23.8 Å². The van der Waals surface area contributed by atoms with Crippen LogP contribution < -0.4 is 29.4 Å². The monoisotopic (exact) mass is 608 g/mol. The third-order valence-corrected chi connectivity index (χ3v) is 7.25. The molecular formula is C35H29ClN2O6. The Balaban J connectivity index is 1.39. The van der Waals surface area contributed by atoms with Gasteiger partial charge in [0.1, 0.15) is 35.5 Å². The number of carbonyl (C=O) groups excluding carboxylic acids is 1. The summed E-state index contributed by atoms with van der Waals surface area (Å²) >= 11 is 6.30. The molecule has 0 aromatic heterocycles. The highest BCUT2D eigenvalue weighted by molar-refractivity contribution is 6.31. The number of methoxy groups -OCH3 is 1. The minimum absolute atomic E-state index is 0.0371. The van der Waals surface area contributed by atoms with E-state index in [1.165, 1.54) is 6.08 Å². The van der Waals surface area contributed by atoms with E-state index in [4.69, 9.17) is 41.0 Å². The number of ether oxygens (including phenoxy) is 5. The smallest absolute Gasteiger partial charge is 0.336 e. The number of rotatable bonds is 10. The van der Waals surface area contributed by atoms with E-state index >= 15 is 0 Å². The van der Waals surface area contributed by atoms with Crippen molar-refractivity contribution in [3.8, 4) is 34.8 Å². The molecule has 1 heterocycles. The van der Waals surface area contributed by atoms with Crippen LogP contribution in [0.5, 0.6) is 28.7 Å². The third kappa shape index (κ3) is 6.80. The predicted octanol–water partition coefficient (Wildman–Crippen LogP) is 7.16. The standard InChI is InChI=1S/C35H29ClN2O6/c1-3-41-32-18-23(11-16-30(32)42-21-24-6-4-5-7-29(24)36)34-27-15-14-26(19-31(27)44-35(38)28(34)20-37)43-33(39)17-10-22-8-12-25(40-2)13-9-22/h4-19,34H,3,21,38H2,1-2H3/b17-10+. The first-order valence-corrected chi connectivity index (χ1v) is 14.2. The number of allylic oxidation sites excluding steroid dienone is 1. The van der Waals surface area contributed by atoms with Crippen LogP contribution in [0.4, 0.5) is 0 Å². The molecule has 44 heavy (non-hydrogen) atoms. The average Bonchev–Trinajstić information content (AvgIpc) is 3.03. The number of fused-ring (bicyclic) bond motifs is 1. The van der Waals surface area contributed by atoms with E-state index in [1.807, 2.05) is 49.4 Å². The zero-order valence-corrected chi connectivity index (χ0v) is 24.8. The van der Waals surface area contributed by atoms with Gasteiger partial charge in [0.25, 0.3) is 0 Å². The zero-order chi connectivity index (χ0) is 31.1. The van der Waals surface area contributed by atoms with Gasteiger partial charge in [0.2, 0.25) is 5.88 Å². The second kappa shape index (κ2) is 13.7. The molecule has 1 aliphatic rings. The van der Waals surface area contributed by atoms with Crippen LogP contribution >= 0.6 is 11.6 Å². The summed E-state index contributed by atoms with van der Waals surface area (Å²) in [7, 11) is 1.59. The van der Waals surface area contributed by atoms with Crippen molar-refractivity contribution < 1.29 is 28.5 Å². The quantitative estimate of drug-likeness (QED) is 0.115. The predicted molar refractivity (Wildman–Crippen MR) is 167 cm³/mol. The van der Waals surface area contributed by atoms with Gasteiger partial charge >= 0.3 is 5.97 Å². The summed E-state index contributed by atoms with van der Waals surface area (Å²) in [6, 6.07) is 27.3. The van der Waals surface area contributed by atoms with Crippen molar-refractivity contribution in [1.82, 2.24) is 0 Å². The van der Waals surface area contributed by atoms with Crippen LogP contribution in [0.25, 0.3) is 6.08 Å². The number of nitrogens with two attached hydrogens (primary N) is 1. The summed E-state index contributed by atoms with van der Waals surface area (Å²) in [6.45, 7) is 2.54. The molecule has 1 atom stereocenters. The number of hydrogen-bond donors (Lipinski definition) is 1. The fourth-order valence-corrected chi connectivity index (χ4v) is 4.92. The number of halogens is 1. The van der Waals surface area contributed by atoms with Crippen LogP contribution in [0.3, 0.4) is 0 Å². The molecule has 0 spiro atoms. The summed E-state index contributed by atoms with van der Waals surface area (Å²) in [5.74, 6) is 1.23. The molecule has 0 aliphatic carbocycles. The largest absolute Gasteiger partial charge is 0.497 e. The molecule has 1 unspecified atom stereocenters. The zero-order valence-electron chi connectivity index (χ0n) is 24.1. The molecule has 4 aromatic carbocycles. The molecule has 0 amide bonds. The highest BCUT2D eigenvalue weighted by Gasteiger charge is 2.32. The molecule has 0 bridgehead atoms. The Bertz CT molecular complexity index is 1780. The van der Waals surface area contributed by atoms with Crippen molar-refractivity contribution in [3.05, 3.63) is 130 Å².